The summed E-state index contributed by atoms with van der Waals surface area (Å²) in [6.45, 7) is 10.4. The summed E-state index contributed by atoms with van der Waals surface area (Å²) in [5.74, 6) is 0. The fourth-order valence-corrected chi connectivity index (χ4v) is 2.59. The number of rotatable bonds is 7. The van der Waals surface area contributed by atoms with Gasteiger partial charge in [-0.2, -0.15) is 0 Å². The van der Waals surface area contributed by atoms with Gasteiger partial charge in [-0.25, -0.2) is 4.79 Å². The summed E-state index contributed by atoms with van der Waals surface area (Å²) >= 11 is 9.52. The van der Waals surface area contributed by atoms with Crippen molar-refractivity contribution in [2.45, 2.75) is 46.3 Å². The maximum Gasteiger partial charge on any atom is 0.410 e. The minimum absolute atomic E-state index is 0.259. The maximum absolute atomic E-state index is 12.2. The predicted octanol–water partition coefficient (Wildman–Crippen LogP) is 4.84. The van der Waals surface area contributed by atoms with Gasteiger partial charge in [0.15, 0.2) is 0 Å². The number of benzene rings is 1. The Labute approximate surface area is 152 Å². The van der Waals surface area contributed by atoms with Crippen molar-refractivity contribution in [2.75, 3.05) is 19.6 Å². The van der Waals surface area contributed by atoms with Crippen LogP contribution in [0.25, 0.3) is 0 Å². The third-order valence-electron chi connectivity index (χ3n) is 3.03. The number of halogens is 2. The average Bonchev–Trinajstić information content (AvgIpc) is 2.43. The Bertz CT molecular complexity index is 518. The van der Waals surface area contributed by atoms with Gasteiger partial charge in [0.25, 0.3) is 0 Å². The first kappa shape index (κ1) is 20.3. The molecule has 6 heteroatoms. The van der Waals surface area contributed by atoms with E-state index < -0.39 is 5.60 Å². The van der Waals surface area contributed by atoms with E-state index in [1.165, 1.54) is 0 Å². The van der Waals surface area contributed by atoms with Gasteiger partial charge in [-0.3, -0.25) is 0 Å². The molecule has 130 valence electrons. The molecule has 4 nitrogen and oxygen atoms in total. The quantitative estimate of drug-likeness (QED) is 0.660. The molecule has 0 spiro atoms. The zero-order valence-electron chi connectivity index (χ0n) is 14.3. The Morgan fingerprint density at radius 2 is 2.04 bits per heavy atom. The van der Waals surface area contributed by atoms with E-state index in [9.17, 15) is 4.79 Å². The van der Waals surface area contributed by atoms with E-state index in [-0.39, 0.29) is 6.09 Å². The van der Waals surface area contributed by atoms with Crippen LogP contribution in [-0.2, 0) is 11.3 Å². The number of nitrogens with one attached hydrogen (secondary N) is 1. The molecule has 1 aromatic rings. The highest BCUT2D eigenvalue weighted by molar-refractivity contribution is 9.10. The SMILES string of the molecule is CCCN(CCNCc1cc(Cl)ccc1Br)C(=O)OC(C)(C)C. The van der Waals surface area contributed by atoms with Gasteiger partial charge in [-0.15, -0.1) is 0 Å². The molecule has 1 N–H and O–H groups in total. The van der Waals surface area contributed by atoms with Crippen molar-refractivity contribution in [3.05, 3.63) is 33.3 Å². The van der Waals surface area contributed by atoms with E-state index in [0.29, 0.717) is 31.2 Å². The van der Waals surface area contributed by atoms with Crippen LogP contribution in [0.3, 0.4) is 0 Å². The van der Waals surface area contributed by atoms with Gasteiger partial charge in [0.1, 0.15) is 5.60 Å². The molecule has 0 aliphatic rings. The van der Waals surface area contributed by atoms with Crippen LogP contribution >= 0.6 is 27.5 Å². The second kappa shape index (κ2) is 9.50. The number of nitrogens with zero attached hydrogens (tertiary/aromatic N) is 1. The summed E-state index contributed by atoms with van der Waals surface area (Å²) in [4.78, 5) is 13.9. The molecule has 0 bridgehead atoms. The highest BCUT2D eigenvalue weighted by atomic mass is 79.9. The van der Waals surface area contributed by atoms with Crippen LogP contribution in [0.1, 0.15) is 39.7 Å². The van der Waals surface area contributed by atoms with E-state index in [4.69, 9.17) is 16.3 Å². The van der Waals surface area contributed by atoms with Gasteiger partial charge >= 0.3 is 6.09 Å². The van der Waals surface area contributed by atoms with Crippen molar-refractivity contribution in [1.29, 1.82) is 0 Å². The summed E-state index contributed by atoms with van der Waals surface area (Å²) in [5, 5.41) is 4.05. The Balaban J connectivity index is 2.46. The zero-order chi connectivity index (χ0) is 17.5. The Morgan fingerprint density at radius 3 is 2.65 bits per heavy atom. The lowest BCUT2D eigenvalue weighted by molar-refractivity contribution is 0.0252. The highest BCUT2D eigenvalue weighted by Crippen LogP contribution is 2.20. The fraction of sp³-hybridized carbons (Fsp3) is 0.588. The van der Waals surface area contributed by atoms with E-state index >= 15 is 0 Å². The average molecular weight is 406 g/mol. The highest BCUT2D eigenvalue weighted by Gasteiger charge is 2.21. The van der Waals surface area contributed by atoms with Gasteiger partial charge in [-0.05, 0) is 51.0 Å². The van der Waals surface area contributed by atoms with Crippen molar-refractivity contribution in [3.63, 3.8) is 0 Å². The van der Waals surface area contributed by atoms with Crippen molar-refractivity contribution < 1.29 is 9.53 Å². The third kappa shape index (κ3) is 8.04. The van der Waals surface area contributed by atoms with Gasteiger partial charge < -0.3 is 15.0 Å². The Hall–Kier alpha value is -0.780. The largest absolute Gasteiger partial charge is 0.444 e. The Morgan fingerprint density at radius 1 is 1.35 bits per heavy atom. The van der Waals surface area contributed by atoms with E-state index in [1.807, 2.05) is 45.9 Å². The first-order chi connectivity index (χ1) is 10.7. The molecule has 0 aliphatic carbocycles. The normalized spacial score (nSPS) is 11.4. The first-order valence-electron chi connectivity index (χ1n) is 7.85. The van der Waals surface area contributed by atoms with Gasteiger partial charge in [0, 0.05) is 35.7 Å². The molecule has 1 rings (SSSR count). The van der Waals surface area contributed by atoms with Crippen LogP contribution in [0.2, 0.25) is 5.02 Å². The number of hydrogen-bond donors (Lipinski definition) is 1. The lowest BCUT2D eigenvalue weighted by Gasteiger charge is -2.27. The number of amides is 1. The molecular weight excluding hydrogens is 380 g/mol. The minimum atomic E-state index is -0.470. The summed E-state index contributed by atoms with van der Waals surface area (Å²) < 4.78 is 6.46. The molecule has 0 aliphatic heterocycles. The molecule has 0 radical (unpaired) electrons. The molecule has 0 unspecified atom stereocenters. The van der Waals surface area contributed by atoms with Crippen LogP contribution in [0.4, 0.5) is 4.79 Å². The molecule has 1 amide bonds. The van der Waals surface area contributed by atoms with Crippen molar-refractivity contribution in [2.24, 2.45) is 0 Å². The molecule has 0 saturated carbocycles. The molecule has 0 heterocycles. The second-order valence-electron chi connectivity index (χ2n) is 6.38. The van der Waals surface area contributed by atoms with Crippen LogP contribution in [0, 0.1) is 0 Å². The number of carbonyl (C=O) groups is 1. The Kier molecular flexibility index (Phi) is 8.37. The number of carbonyl (C=O) groups excluding carboxylic acids is 1. The molecular formula is C17H26BrClN2O2. The summed E-state index contributed by atoms with van der Waals surface area (Å²) in [5.41, 5.74) is 0.624. The summed E-state index contributed by atoms with van der Waals surface area (Å²) in [6.07, 6.45) is 0.643. The fourth-order valence-electron chi connectivity index (χ4n) is 2.01. The van der Waals surface area contributed by atoms with Crippen LogP contribution in [-0.4, -0.2) is 36.2 Å². The van der Waals surface area contributed by atoms with Crippen molar-refractivity contribution in [1.82, 2.24) is 10.2 Å². The predicted molar refractivity (Wildman–Crippen MR) is 99.0 cm³/mol. The van der Waals surface area contributed by atoms with Crippen LogP contribution in [0.15, 0.2) is 22.7 Å². The molecule has 0 aromatic heterocycles. The lowest BCUT2D eigenvalue weighted by atomic mass is 10.2. The lowest BCUT2D eigenvalue weighted by Crippen LogP contribution is -2.40. The zero-order valence-corrected chi connectivity index (χ0v) is 16.6. The minimum Gasteiger partial charge on any atom is -0.444 e. The van der Waals surface area contributed by atoms with E-state index in [1.54, 1.807) is 4.90 Å². The molecule has 0 saturated heterocycles. The van der Waals surface area contributed by atoms with Gasteiger partial charge in [0.05, 0.1) is 0 Å². The maximum atomic E-state index is 12.2. The van der Waals surface area contributed by atoms with Gasteiger partial charge in [0.2, 0.25) is 0 Å². The van der Waals surface area contributed by atoms with Gasteiger partial charge in [-0.1, -0.05) is 34.5 Å². The van der Waals surface area contributed by atoms with Crippen LogP contribution < -0.4 is 5.32 Å². The van der Waals surface area contributed by atoms with Crippen molar-refractivity contribution >= 4 is 33.6 Å². The topological polar surface area (TPSA) is 41.6 Å². The van der Waals surface area contributed by atoms with Crippen LogP contribution in [0.5, 0.6) is 0 Å². The second-order valence-corrected chi connectivity index (χ2v) is 7.67. The molecule has 0 atom stereocenters. The smallest absolute Gasteiger partial charge is 0.410 e. The molecule has 23 heavy (non-hydrogen) atoms. The standard InChI is InChI=1S/C17H26BrClN2O2/c1-5-9-21(16(22)23-17(2,3)4)10-8-20-12-13-11-14(19)6-7-15(13)18/h6-7,11,20H,5,8-10,12H2,1-4H3. The number of hydrogen-bond acceptors (Lipinski definition) is 3. The van der Waals surface area contributed by atoms with E-state index in [0.717, 1.165) is 16.5 Å². The third-order valence-corrected chi connectivity index (χ3v) is 4.04. The first-order valence-corrected chi connectivity index (χ1v) is 9.02. The molecule has 1 aromatic carbocycles. The van der Waals surface area contributed by atoms with E-state index in [2.05, 4.69) is 21.2 Å². The summed E-state index contributed by atoms with van der Waals surface area (Å²) in [6, 6.07) is 5.71. The molecule has 0 fully saturated rings. The summed E-state index contributed by atoms with van der Waals surface area (Å²) in [7, 11) is 0. The van der Waals surface area contributed by atoms with Crippen molar-refractivity contribution in [3.8, 4) is 0 Å². The number of ether oxygens (including phenoxy) is 1. The monoisotopic (exact) mass is 404 g/mol.